The first-order valence-electron chi connectivity index (χ1n) is 7.90. The Balaban J connectivity index is 2.53. The fourth-order valence-electron chi connectivity index (χ4n) is 2.22. The lowest BCUT2D eigenvalue weighted by atomic mass is 10.1. The minimum Gasteiger partial charge on any atom is -0.350 e. The van der Waals surface area contributed by atoms with Crippen molar-refractivity contribution in [1.29, 1.82) is 0 Å². The summed E-state index contributed by atoms with van der Waals surface area (Å²) < 4.78 is 0. The molecule has 23 heavy (non-hydrogen) atoms. The third-order valence-corrected chi connectivity index (χ3v) is 3.65. The van der Waals surface area contributed by atoms with E-state index in [1.54, 1.807) is 7.05 Å². The summed E-state index contributed by atoms with van der Waals surface area (Å²) in [6, 6.07) is 10.2. The summed E-state index contributed by atoms with van der Waals surface area (Å²) in [7, 11) is 3.57. The van der Waals surface area contributed by atoms with Crippen molar-refractivity contribution in [3.8, 4) is 0 Å². The Morgan fingerprint density at radius 1 is 1.09 bits per heavy atom. The Bertz CT molecular complexity index is 523. The van der Waals surface area contributed by atoms with E-state index in [0.29, 0.717) is 0 Å². The lowest BCUT2D eigenvalue weighted by molar-refractivity contribution is -0.136. The van der Waals surface area contributed by atoms with Gasteiger partial charge in [-0.1, -0.05) is 30.3 Å². The highest BCUT2D eigenvalue weighted by molar-refractivity contribution is 5.85. The van der Waals surface area contributed by atoms with Gasteiger partial charge in [-0.2, -0.15) is 0 Å². The number of carbonyl (C=O) groups is 2. The average Bonchev–Trinajstić information content (AvgIpc) is 2.45. The van der Waals surface area contributed by atoms with Crippen molar-refractivity contribution in [1.82, 2.24) is 15.1 Å². The molecule has 1 aromatic carbocycles. The Morgan fingerprint density at radius 3 is 2.17 bits per heavy atom. The van der Waals surface area contributed by atoms with E-state index in [1.807, 2.05) is 63.1 Å². The molecule has 0 aliphatic carbocycles. The molecule has 0 spiro atoms. The molecule has 1 aromatic rings. The highest BCUT2D eigenvalue weighted by atomic mass is 16.2. The van der Waals surface area contributed by atoms with Crippen LogP contribution in [0, 0.1) is 0 Å². The summed E-state index contributed by atoms with van der Waals surface area (Å²) in [4.78, 5) is 27.6. The highest BCUT2D eigenvalue weighted by Gasteiger charge is 2.20. The minimum atomic E-state index is -0.292. The maximum absolute atomic E-state index is 12.3. The van der Waals surface area contributed by atoms with Gasteiger partial charge in [-0.15, -0.1) is 0 Å². The molecule has 0 heterocycles. The van der Waals surface area contributed by atoms with Gasteiger partial charge in [-0.3, -0.25) is 14.5 Å². The monoisotopic (exact) mass is 319 g/mol. The summed E-state index contributed by atoms with van der Waals surface area (Å²) in [5.41, 5.74) is 0.871. The zero-order valence-electron chi connectivity index (χ0n) is 15.1. The molecule has 0 fully saturated rings. The van der Waals surface area contributed by atoms with E-state index in [1.165, 1.54) is 4.90 Å². The van der Waals surface area contributed by atoms with Crippen molar-refractivity contribution >= 4 is 11.8 Å². The van der Waals surface area contributed by atoms with Crippen molar-refractivity contribution in [2.75, 3.05) is 27.2 Å². The number of amides is 2. The molecular weight excluding hydrogens is 290 g/mol. The van der Waals surface area contributed by atoms with Gasteiger partial charge in [0.25, 0.3) is 0 Å². The van der Waals surface area contributed by atoms with E-state index >= 15 is 0 Å². The lowest BCUT2D eigenvalue weighted by Crippen LogP contribution is -2.47. The molecular formula is C18H29N3O2. The number of nitrogens with zero attached hydrogens (tertiary/aromatic N) is 2. The van der Waals surface area contributed by atoms with Crippen molar-refractivity contribution < 1.29 is 9.59 Å². The number of likely N-dealkylation sites (N-methyl/N-ethyl adjacent to an activating group) is 2. The van der Waals surface area contributed by atoms with Gasteiger partial charge < -0.3 is 10.2 Å². The molecule has 1 atom stereocenters. The molecule has 0 bridgehead atoms. The number of benzene rings is 1. The van der Waals surface area contributed by atoms with E-state index in [0.717, 1.165) is 5.56 Å². The Morgan fingerprint density at radius 2 is 1.65 bits per heavy atom. The maximum Gasteiger partial charge on any atom is 0.240 e. The van der Waals surface area contributed by atoms with E-state index in [2.05, 4.69) is 12.2 Å². The average molecular weight is 319 g/mol. The topological polar surface area (TPSA) is 52.7 Å². The molecule has 5 heteroatoms. The largest absolute Gasteiger partial charge is 0.350 e. The van der Waals surface area contributed by atoms with E-state index in [9.17, 15) is 9.59 Å². The molecule has 0 aliphatic rings. The first kappa shape index (κ1) is 19.2. The third kappa shape index (κ3) is 6.82. The van der Waals surface area contributed by atoms with Crippen LogP contribution in [0.1, 0.15) is 39.3 Å². The van der Waals surface area contributed by atoms with Gasteiger partial charge in [0, 0.05) is 18.6 Å². The second-order valence-corrected chi connectivity index (χ2v) is 7.05. The summed E-state index contributed by atoms with van der Waals surface area (Å²) in [5, 5.41) is 2.86. The number of carbonyl (C=O) groups excluding carboxylic acids is 2. The summed E-state index contributed by atoms with van der Waals surface area (Å²) in [6.45, 7) is 8.17. The summed E-state index contributed by atoms with van der Waals surface area (Å²) in [5.74, 6) is -0.216. The first-order valence-corrected chi connectivity index (χ1v) is 7.90. The number of rotatable bonds is 6. The third-order valence-electron chi connectivity index (χ3n) is 3.65. The van der Waals surface area contributed by atoms with Gasteiger partial charge in [0.2, 0.25) is 11.8 Å². The molecule has 128 valence electrons. The summed E-state index contributed by atoms with van der Waals surface area (Å²) in [6.07, 6.45) is 0. The van der Waals surface area contributed by atoms with Crippen molar-refractivity contribution in [2.24, 2.45) is 0 Å². The Hall–Kier alpha value is -1.88. The zero-order chi connectivity index (χ0) is 17.6. The van der Waals surface area contributed by atoms with Crippen LogP contribution in [-0.2, 0) is 9.59 Å². The standard InChI is InChI=1S/C18H29N3O2/c1-14(15-10-8-7-9-11-15)20(5)13-17(23)21(6)12-16(22)19-18(2,3)4/h7-11,14H,12-13H2,1-6H3,(H,19,22)/t14-/m1/s1. The van der Waals surface area contributed by atoms with E-state index in [-0.39, 0.29) is 36.5 Å². The predicted molar refractivity (Wildman–Crippen MR) is 93.0 cm³/mol. The fraction of sp³-hybridized carbons (Fsp3) is 0.556. The number of hydrogen-bond acceptors (Lipinski definition) is 3. The van der Waals surface area contributed by atoms with Gasteiger partial charge in [0.1, 0.15) is 0 Å². The second kappa shape index (κ2) is 8.11. The molecule has 0 aliphatic heterocycles. The normalized spacial score (nSPS) is 12.8. The van der Waals surface area contributed by atoms with Crippen LogP contribution in [0.3, 0.4) is 0 Å². The van der Waals surface area contributed by atoms with E-state index in [4.69, 9.17) is 0 Å². The van der Waals surface area contributed by atoms with Gasteiger partial charge in [0.15, 0.2) is 0 Å². The predicted octanol–water partition coefficient (Wildman–Crippen LogP) is 2.05. The van der Waals surface area contributed by atoms with Crippen LogP contribution in [0.2, 0.25) is 0 Å². The molecule has 1 N–H and O–H groups in total. The SMILES string of the molecule is C[C@H](c1ccccc1)N(C)CC(=O)N(C)CC(=O)NC(C)(C)C. The molecule has 0 radical (unpaired) electrons. The number of nitrogens with one attached hydrogen (secondary N) is 1. The minimum absolute atomic E-state index is 0.0701. The summed E-state index contributed by atoms with van der Waals surface area (Å²) >= 11 is 0. The smallest absolute Gasteiger partial charge is 0.240 e. The van der Waals surface area contributed by atoms with Gasteiger partial charge >= 0.3 is 0 Å². The molecule has 0 aromatic heterocycles. The van der Waals surface area contributed by atoms with Crippen LogP contribution in [-0.4, -0.2) is 54.3 Å². The molecule has 2 amide bonds. The van der Waals surface area contributed by atoms with Crippen molar-refractivity contribution in [3.05, 3.63) is 35.9 Å². The van der Waals surface area contributed by atoms with Crippen LogP contribution in [0.5, 0.6) is 0 Å². The maximum atomic E-state index is 12.3. The zero-order valence-corrected chi connectivity index (χ0v) is 15.1. The van der Waals surface area contributed by atoms with Crippen molar-refractivity contribution in [3.63, 3.8) is 0 Å². The first-order chi connectivity index (χ1) is 10.6. The van der Waals surface area contributed by atoms with Crippen molar-refractivity contribution in [2.45, 2.75) is 39.3 Å². The molecule has 1 rings (SSSR count). The van der Waals surface area contributed by atoms with Gasteiger partial charge in [-0.05, 0) is 40.3 Å². The highest BCUT2D eigenvalue weighted by Crippen LogP contribution is 2.17. The van der Waals surface area contributed by atoms with Crippen LogP contribution >= 0.6 is 0 Å². The van der Waals surface area contributed by atoms with Crippen LogP contribution in [0.25, 0.3) is 0 Å². The van der Waals surface area contributed by atoms with Gasteiger partial charge in [-0.25, -0.2) is 0 Å². The fourth-order valence-corrected chi connectivity index (χ4v) is 2.22. The number of hydrogen-bond donors (Lipinski definition) is 1. The van der Waals surface area contributed by atoms with Crippen LogP contribution in [0.15, 0.2) is 30.3 Å². The molecule has 0 saturated heterocycles. The second-order valence-electron chi connectivity index (χ2n) is 7.05. The van der Waals surface area contributed by atoms with E-state index < -0.39 is 0 Å². The van der Waals surface area contributed by atoms with Crippen LogP contribution in [0.4, 0.5) is 0 Å². The molecule has 0 unspecified atom stereocenters. The molecule has 5 nitrogen and oxygen atoms in total. The Kier molecular flexibility index (Phi) is 6.76. The Labute approximate surface area is 139 Å². The molecule has 0 saturated carbocycles. The van der Waals surface area contributed by atoms with Gasteiger partial charge in [0.05, 0.1) is 13.1 Å². The van der Waals surface area contributed by atoms with Crippen LogP contribution < -0.4 is 5.32 Å². The lowest BCUT2D eigenvalue weighted by Gasteiger charge is -2.27. The quantitative estimate of drug-likeness (QED) is 0.873.